The van der Waals surface area contributed by atoms with Crippen molar-refractivity contribution in [2.45, 2.75) is 38.6 Å². The second-order valence-electron chi connectivity index (χ2n) is 9.04. The third kappa shape index (κ3) is 3.87. The molecule has 0 unspecified atom stereocenters. The number of carbonyl (C=O) groups is 2. The molecular formula is C29H28N2O3. The zero-order valence-corrected chi connectivity index (χ0v) is 19.7. The molecule has 0 radical (unpaired) electrons. The normalized spacial score (nSPS) is 19.6. The molecule has 34 heavy (non-hydrogen) atoms. The molecule has 2 aliphatic rings. The van der Waals surface area contributed by atoms with Gasteiger partial charge in [0.05, 0.1) is 24.5 Å². The summed E-state index contributed by atoms with van der Waals surface area (Å²) in [5.41, 5.74) is 6.36. The van der Waals surface area contributed by atoms with Crippen molar-refractivity contribution in [1.82, 2.24) is 0 Å². The van der Waals surface area contributed by atoms with Crippen LogP contribution in [-0.4, -0.2) is 18.8 Å². The topological polar surface area (TPSA) is 58.6 Å². The molecule has 1 aliphatic heterocycles. The second-order valence-corrected chi connectivity index (χ2v) is 9.04. The highest BCUT2D eigenvalue weighted by Crippen LogP contribution is 2.47. The first-order valence-electron chi connectivity index (χ1n) is 11.6. The van der Waals surface area contributed by atoms with Crippen molar-refractivity contribution >= 4 is 23.1 Å². The second kappa shape index (κ2) is 8.82. The first-order valence-corrected chi connectivity index (χ1v) is 11.6. The average Bonchev–Trinajstić information content (AvgIpc) is 2.99. The van der Waals surface area contributed by atoms with Gasteiger partial charge < -0.3 is 10.1 Å². The molecule has 5 rings (SSSR count). The van der Waals surface area contributed by atoms with E-state index < -0.39 is 6.04 Å². The van der Waals surface area contributed by atoms with E-state index in [0.29, 0.717) is 18.4 Å². The van der Waals surface area contributed by atoms with E-state index in [1.165, 1.54) is 0 Å². The molecule has 0 saturated carbocycles. The summed E-state index contributed by atoms with van der Waals surface area (Å²) in [5.74, 6) is 0.820. The summed E-state index contributed by atoms with van der Waals surface area (Å²) < 4.78 is 5.30. The van der Waals surface area contributed by atoms with Crippen molar-refractivity contribution in [2.24, 2.45) is 0 Å². The van der Waals surface area contributed by atoms with Gasteiger partial charge in [0.1, 0.15) is 5.75 Å². The third-order valence-electron chi connectivity index (χ3n) is 6.81. The van der Waals surface area contributed by atoms with Gasteiger partial charge in [-0.3, -0.25) is 14.5 Å². The van der Waals surface area contributed by atoms with Crippen molar-refractivity contribution in [2.75, 3.05) is 17.3 Å². The van der Waals surface area contributed by atoms with Crippen LogP contribution in [0.3, 0.4) is 0 Å². The van der Waals surface area contributed by atoms with Crippen LogP contribution in [0.4, 0.5) is 11.4 Å². The molecule has 1 aliphatic carbocycles. The van der Waals surface area contributed by atoms with E-state index in [2.05, 4.69) is 5.32 Å². The summed E-state index contributed by atoms with van der Waals surface area (Å²) in [6, 6.07) is 23.4. The van der Waals surface area contributed by atoms with Crippen molar-refractivity contribution < 1.29 is 14.3 Å². The van der Waals surface area contributed by atoms with E-state index in [1.54, 1.807) is 18.9 Å². The molecule has 3 aromatic rings. The van der Waals surface area contributed by atoms with Gasteiger partial charge in [0.15, 0.2) is 5.78 Å². The van der Waals surface area contributed by atoms with Gasteiger partial charge in [0.25, 0.3) is 0 Å². The van der Waals surface area contributed by atoms with Crippen LogP contribution in [0.1, 0.15) is 48.4 Å². The van der Waals surface area contributed by atoms with E-state index in [1.807, 2.05) is 79.7 Å². The highest BCUT2D eigenvalue weighted by atomic mass is 16.5. The molecule has 3 aromatic carbocycles. The SMILES string of the molecule is COc1ccc([C@H]2CC(=O)C3=C(C2)Nc2ccccc2N(C(C)=O)[C@@H]3c2ccc(C)cc2)cc1. The molecule has 0 bridgehead atoms. The van der Waals surface area contributed by atoms with Crippen molar-refractivity contribution in [1.29, 1.82) is 0 Å². The van der Waals surface area contributed by atoms with Crippen LogP contribution >= 0.6 is 0 Å². The predicted octanol–water partition coefficient (Wildman–Crippen LogP) is 5.92. The largest absolute Gasteiger partial charge is 0.497 e. The van der Waals surface area contributed by atoms with Crippen LogP contribution in [0, 0.1) is 6.92 Å². The minimum atomic E-state index is -0.478. The van der Waals surface area contributed by atoms with E-state index in [0.717, 1.165) is 39.5 Å². The van der Waals surface area contributed by atoms with Gasteiger partial charge in [-0.05, 0) is 54.7 Å². The molecule has 1 amide bonds. The number of ether oxygens (including phenoxy) is 1. The minimum absolute atomic E-state index is 0.0550. The number of allylic oxidation sites excluding steroid dienone is 1. The molecule has 2 atom stereocenters. The number of methoxy groups -OCH3 is 1. The van der Waals surface area contributed by atoms with Gasteiger partial charge in [0, 0.05) is 24.6 Å². The number of para-hydroxylation sites is 2. The zero-order valence-electron chi connectivity index (χ0n) is 19.7. The summed E-state index contributed by atoms with van der Waals surface area (Å²) in [6.07, 6.45) is 1.09. The Kier molecular flexibility index (Phi) is 5.70. The fourth-order valence-electron chi connectivity index (χ4n) is 5.11. The van der Waals surface area contributed by atoms with Crippen LogP contribution in [0.2, 0.25) is 0 Å². The van der Waals surface area contributed by atoms with Gasteiger partial charge in [-0.25, -0.2) is 0 Å². The number of fused-ring (bicyclic) bond motifs is 1. The lowest BCUT2D eigenvalue weighted by Crippen LogP contribution is -2.37. The summed E-state index contributed by atoms with van der Waals surface area (Å²) in [7, 11) is 1.65. The predicted molar refractivity (Wildman–Crippen MR) is 134 cm³/mol. The molecule has 0 saturated heterocycles. The molecule has 5 heteroatoms. The van der Waals surface area contributed by atoms with Crippen molar-refractivity contribution in [3.8, 4) is 5.75 Å². The standard InChI is InChI=1S/C29H28N2O3/c1-18-8-10-21(11-9-18)29-28-25(30-24-6-4-5-7-26(24)31(29)19(2)32)16-22(17-27(28)33)20-12-14-23(34-3)15-13-20/h4-15,22,29-30H,16-17H2,1-3H3/t22-,29-/m1/s1. The Morgan fingerprint density at radius 2 is 1.62 bits per heavy atom. The number of nitrogens with zero attached hydrogens (tertiary/aromatic N) is 1. The quantitative estimate of drug-likeness (QED) is 0.536. The third-order valence-corrected chi connectivity index (χ3v) is 6.81. The Hall–Kier alpha value is -3.86. The van der Waals surface area contributed by atoms with E-state index in [4.69, 9.17) is 4.74 Å². The molecule has 0 aromatic heterocycles. The summed E-state index contributed by atoms with van der Waals surface area (Å²) in [5, 5.41) is 3.55. The Balaban J connectivity index is 1.66. The number of rotatable bonds is 3. The number of anilines is 2. The molecular weight excluding hydrogens is 424 g/mol. The number of carbonyl (C=O) groups excluding carboxylic acids is 2. The lowest BCUT2D eigenvalue weighted by Gasteiger charge is -2.34. The maximum absolute atomic E-state index is 13.8. The van der Waals surface area contributed by atoms with Gasteiger partial charge >= 0.3 is 0 Å². The van der Waals surface area contributed by atoms with Gasteiger partial charge in [-0.2, -0.15) is 0 Å². The van der Waals surface area contributed by atoms with Crippen LogP contribution in [0.5, 0.6) is 5.75 Å². The van der Waals surface area contributed by atoms with E-state index >= 15 is 0 Å². The van der Waals surface area contributed by atoms with Gasteiger partial charge in [-0.15, -0.1) is 0 Å². The number of amides is 1. The number of benzene rings is 3. The van der Waals surface area contributed by atoms with Gasteiger partial charge in [-0.1, -0.05) is 54.1 Å². The van der Waals surface area contributed by atoms with Crippen LogP contribution < -0.4 is 15.0 Å². The maximum Gasteiger partial charge on any atom is 0.224 e. The van der Waals surface area contributed by atoms with Crippen molar-refractivity contribution in [3.63, 3.8) is 0 Å². The Bertz CT molecular complexity index is 1280. The van der Waals surface area contributed by atoms with Crippen molar-refractivity contribution in [3.05, 3.63) is 101 Å². The Labute approximate surface area is 200 Å². The molecule has 1 N–H and O–H groups in total. The monoisotopic (exact) mass is 452 g/mol. The number of hydrogen-bond acceptors (Lipinski definition) is 4. The minimum Gasteiger partial charge on any atom is -0.497 e. The summed E-state index contributed by atoms with van der Waals surface area (Å²) in [4.78, 5) is 28.6. The molecule has 172 valence electrons. The number of nitrogens with one attached hydrogen (secondary N) is 1. The van der Waals surface area contributed by atoms with Crippen LogP contribution in [0.15, 0.2) is 84.1 Å². The highest BCUT2D eigenvalue weighted by Gasteiger charge is 2.40. The number of hydrogen-bond donors (Lipinski definition) is 1. The summed E-state index contributed by atoms with van der Waals surface area (Å²) >= 11 is 0. The number of ketones is 1. The lowest BCUT2D eigenvalue weighted by atomic mass is 9.78. The zero-order chi connectivity index (χ0) is 23.8. The average molecular weight is 453 g/mol. The van der Waals surface area contributed by atoms with Gasteiger partial charge in [0.2, 0.25) is 5.91 Å². The maximum atomic E-state index is 13.8. The molecule has 0 spiro atoms. The van der Waals surface area contributed by atoms with E-state index in [9.17, 15) is 9.59 Å². The summed E-state index contributed by atoms with van der Waals surface area (Å²) in [6.45, 7) is 3.60. The Morgan fingerprint density at radius 3 is 2.29 bits per heavy atom. The highest BCUT2D eigenvalue weighted by molar-refractivity contribution is 6.06. The Morgan fingerprint density at radius 1 is 0.941 bits per heavy atom. The van der Waals surface area contributed by atoms with E-state index in [-0.39, 0.29) is 17.6 Å². The fraction of sp³-hybridized carbons (Fsp3) is 0.241. The number of Topliss-reactive ketones (excluding diaryl/α,β-unsaturated/α-hetero) is 1. The van der Waals surface area contributed by atoms with Crippen LogP contribution in [-0.2, 0) is 9.59 Å². The van der Waals surface area contributed by atoms with Crippen LogP contribution in [0.25, 0.3) is 0 Å². The molecule has 0 fully saturated rings. The smallest absolute Gasteiger partial charge is 0.224 e. The first-order chi connectivity index (χ1) is 16.5. The molecule has 1 heterocycles. The first kappa shape index (κ1) is 22.0. The number of aryl methyl sites for hydroxylation is 1. The fourth-order valence-corrected chi connectivity index (χ4v) is 5.11. The molecule has 5 nitrogen and oxygen atoms in total. The lowest BCUT2D eigenvalue weighted by molar-refractivity contribution is -0.117.